The highest BCUT2D eigenvalue weighted by molar-refractivity contribution is 5.58. The standard InChI is InChI=1S/C19H23F3N6/c1-10(12-3-4-12)24-17-26-16(14-7-15(9-23-8-14)19(20,21)22)27-18(28-17)25-11(2)13-5-6-13/h7-13H,3-6H2,1-2H3,(H2,24,25,26,27,28). The molecular formula is C19H23F3N6. The van der Waals surface area contributed by atoms with Crippen molar-refractivity contribution in [2.75, 3.05) is 10.6 Å². The Morgan fingerprint density at radius 1 is 0.893 bits per heavy atom. The molecule has 2 aliphatic carbocycles. The molecule has 0 amide bonds. The number of alkyl halides is 3. The van der Waals surface area contributed by atoms with Crippen molar-refractivity contribution in [2.45, 2.75) is 57.8 Å². The van der Waals surface area contributed by atoms with E-state index in [1.54, 1.807) is 0 Å². The van der Waals surface area contributed by atoms with Gasteiger partial charge in [0, 0.05) is 30.0 Å². The summed E-state index contributed by atoms with van der Waals surface area (Å²) in [5, 5.41) is 6.54. The van der Waals surface area contributed by atoms with Gasteiger partial charge in [-0.15, -0.1) is 0 Å². The molecule has 2 saturated carbocycles. The monoisotopic (exact) mass is 392 g/mol. The molecule has 0 saturated heterocycles. The van der Waals surface area contributed by atoms with Crippen LogP contribution in [0.4, 0.5) is 25.1 Å². The zero-order valence-corrected chi connectivity index (χ0v) is 15.8. The van der Waals surface area contributed by atoms with E-state index >= 15 is 0 Å². The lowest BCUT2D eigenvalue weighted by Gasteiger charge is -2.17. The minimum absolute atomic E-state index is 0.171. The molecular weight excluding hydrogens is 369 g/mol. The number of anilines is 2. The summed E-state index contributed by atoms with van der Waals surface area (Å²) in [5.41, 5.74) is -0.617. The summed E-state index contributed by atoms with van der Waals surface area (Å²) >= 11 is 0. The summed E-state index contributed by atoms with van der Waals surface area (Å²) < 4.78 is 39.2. The molecule has 2 fully saturated rings. The summed E-state index contributed by atoms with van der Waals surface area (Å²) in [6.45, 7) is 4.12. The molecule has 2 aromatic heterocycles. The summed E-state index contributed by atoms with van der Waals surface area (Å²) in [4.78, 5) is 16.9. The van der Waals surface area contributed by atoms with Gasteiger partial charge >= 0.3 is 6.18 Å². The number of rotatable bonds is 7. The first-order chi connectivity index (χ1) is 13.3. The van der Waals surface area contributed by atoms with Gasteiger partial charge in [0.1, 0.15) is 0 Å². The average molecular weight is 392 g/mol. The highest BCUT2D eigenvalue weighted by Gasteiger charge is 2.32. The van der Waals surface area contributed by atoms with Crippen LogP contribution in [0.5, 0.6) is 0 Å². The van der Waals surface area contributed by atoms with Crippen molar-refractivity contribution in [2.24, 2.45) is 11.8 Å². The van der Waals surface area contributed by atoms with Crippen molar-refractivity contribution in [3.05, 3.63) is 24.0 Å². The van der Waals surface area contributed by atoms with Gasteiger partial charge in [0.05, 0.1) is 5.56 Å². The smallest absolute Gasteiger partial charge is 0.351 e. The van der Waals surface area contributed by atoms with Gasteiger partial charge in [-0.05, 0) is 57.4 Å². The second kappa shape index (κ2) is 7.18. The summed E-state index contributed by atoms with van der Waals surface area (Å²) in [6.07, 6.45) is 2.31. The Hall–Kier alpha value is -2.45. The SMILES string of the molecule is CC(Nc1nc(NC(C)C2CC2)nc(-c2cncc(C(F)(F)F)c2)n1)C1CC1. The lowest BCUT2D eigenvalue weighted by Crippen LogP contribution is -2.23. The number of hydrogen-bond acceptors (Lipinski definition) is 6. The maximum absolute atomic E-state index is 13.1. The van der Waals surface area contributed by atoms with Gasteiger partial charge in [-0.3, -0.25) is 4.98 Å². The molecule has 0 bridgehead atoms. The molecule has 2 heterocycles. The number of aromatic nitrogens is 4. The van der Waals surface area contributed by atoms with Gasteiger partial charge in [0.2, 0.25) is 11.9 Å². The first kappa shape index (κ1) is 18.9. The highest BCUT2D eigenvalue weighted by atomic mass is 19.4. The third-order valence-corrected chi connectivity index (χ3v) is 5.33. The van der Waals surface area contributed by atoms with Gasteiger partial charge < -0.3 is 10.6 Å². The van der Waals surface area contributed by atoms with E-state index in [1.165, 1.54) is 6.20 Å². The lowest BCUT2D eigenvalue weighted by molar-refractivity contribution is -0.137. The molecule has 2 aliphatic rings. The predicted molar refractivity (Wildman–Crippen MR) is 99.7 cm³/mol. The van der Waals surface area contributed by atoms with Crippen molar-refractivity contribution in [1.82, 2.24) is 19.9 Å². The van der Waals surface area contributed by atoms with Crippen LogP contribution in [0.25, 0.3) is 11.4 Å². The van der Waals surface area contributed by atoms with Crippen LogP contribution in [0, 0.1) is 11.8 Å². The molecule has 9 heteroatoms. The van der Waals surface area contributed by atoms with Crippen LogP contribution >= 0.6 is 0 Å². The molecule has 150 valence electrons. The van der Waals surface area contributed by atoms with Crippen LogP contribution < -0.4 is 10.6 Å². The van der Waals surface area contributed by atoms with E-state index in [0.29, 0.717) is 23.7 Å². The van der Waals surface area contributed by atoms with Crippen LogP contribution in [-0.4, -0.2) is 32.0 Å². The quantitative estimate of drug-likeness (QED) is 0.729. The van der Waals surface area contributed by atoms with Crippen molar-refractivity contribution in [1.29, 1.82) is 0 Å². The van der Waals surface area contributed by atoms with Crippen molar-refractivity contribution >= 4 is 11.9 Å². The van der Waals surface area contributed by atoms with E-state index in [0.717, 1.165) is 37.9 Å². The van der Waals surface area contributed by atoms with Gasteiger partial charge in [-0.1, -0.05) is 0 Å². The Balaban J connectivity index is 1.66. The molecule has 4 rings (SSSR count). The molecule has 0 spiro atoms. The van der Waals surface area contributed by atoms with Crippen molar-refractivity contribution < 1.29 is 13.2 Å². The molecule has 2 aromatic rings. The summed E-state index contributed by atoms with van der Waals surface area (Å²) in [6, 6.07) is 1.41. The van der Waals surface area contributed by atoms with Gasteiger partial charge in [-0.25, -0.2) is 0 Å². The molecule has 0 aromatic carbocycles. The Morgan fingerprint density at radius 3 is 1.89 bits per heavy atom. The van der Waals surface area contributed by atoms with E-state index in [1.807, 2.05) is 0 Å². The largest absolute Gasteiger partial charge is 0.417 e. The first-order valence-electron chi connectivity index (χ1n) is 9.61. The van der Waals surface area contributed by atoms with E-state index in [9.17, 15) is 13.2 Å². The van der Waals surface area contributed by atoms with Gasteiger partial charge in [0.15, 0.2) is 5.82 Å². The third-order valence-electron chi connectivity index (χ3n) is 5.33. The second-order valence-electron chi connectivity index (χ2n) is 7.81. The van der Waals surface area contributed by atoms with Crippen molar-refractivity contribution in [3.8, 4) is 11.4 Å². The summed E-state index contributed by atoms with van der Waals surface area (Å²) in [7, 11) is 0. The summed E-state index contributed by atoms with van der Waals surface area (Å²) in [5.74, 6) is 2.07. The second-order valence-corrected chi connectivity index (χ2v) is 7.81. The Morgan fingerprint density at radius 2 is 1.43 bits per heavy atom. The van der Waals surface area contributed by atoms with Gasteiger partial charge in [0.25, 0.3) is 0 Å². The fourth-order valence-corrected chi connectivity index (χ4v) is 3.19. The predicted octanol–water partition coefficient (Wildman–Crippen LogP) is 4.37. The minimum Gasteiger partial charge on any atom is -0.351 e. The number of halogens is 3. The Labute approximate surface area is 161 Å². The fraction of sp³-hybridized carbons (Fsp3) is 0.579. The fourth-order valence-electron chi connectivity index (χ4n) is 3.19. The normalized spacial score (nSPS) is 19.2. The first-order valence-corrected chi connectivity index (χ1v) is 9.61. The molecule has 2 atom stereocenters. The lowest BCUT2D eigenvalue weighted by atomic mass is 10.2. The van der Waals surface area contributed by atoms with Gasteiger partial charge in [-0.2, -0.15) is 28.1 Å². The van der Waals surface area contributed by atoms with Crippen molar-refractivity contribution in [3.63, 3.8) is 0 Å². The Kier molecular flexibility index (Phi) is 4.84. The zero-order valence-electron chi connectivity index (χ0n) is 15.8. The number of nitrogens with one attached hydrogen (secondary N) is 2. The third kappa shape index (κ3) is 4.51. The molecule has 0 radical (unpaired) electrons. The number of hydrogen-bond donors (Lipinski definition) is 2. The minimum atomic E-state index is -4.47. The Bertz CT molecular complexity index is 810. The molecule has 6 nitrogen and oxygen atoms in total. The van der Waals surface area contributed by atoms with Crippen LogP contribution in [0.1, 0.15) is 45.1 Å². The highest BCUT2D eigenvalue weighted by Crippen LogP contribution is 2.35. The van der Waals surface area contributed by atoms with Crippen LogP contribution in [-0.2, 0) is 6.18 Å². The van der Waals surface area contributed by atoms with Crippen LogP contribution in [0.3, 0.4) is 0 Å². The van der Waals surface area contributed by atoms with Crippen LogP contribution in [0.2, 0.25) is 0 Å². The molecule has 2 N–H and O–H groups in total. The topological polar surface area (TPSA) is 75.6 Å². The van der Waals surface area contributed by atoms with Crippen LogP contribution in [0.15, 0.2) is 18.5 Å². The van der Waals surface area contributed by atoms with E-state index in [4.69, 9.17) is 0 Å². The van der Waals surface area contributed by atoms with E-state index < -0.39 is 11.7 Å². The van der Waals surface area contributed by atoms with E-state index in [2.05, 4.69) is 44.4 Å². The molecule has 0 aliphatic heterocycles. The number of pyridine rings is 1. The zero-order chi connectivity index (χ0) is 19.9. The molecule has 2 unspecified atom stereocenters. The number of nitrogens with zero attached hydrogens (tertiary/aromatic N) is 4. The van der Waals surface area contributed by atoms with E-state index in [-0.39, 0.29) is 23.5 Å². The molecule has 28 heavy (non-hydrogen) atoms. The average Bonchev–Trinajstić information content (AvgIpc) is 3.53. The maximum Gasteiger partial charge on any atom is 0.417 e. The maximum atomic E-state index is 13.1.